The first kappa shape index (κ1) is 21.6. The van der Waals surface area contributed by atoms with E-state index in [0.717, 1.165) is 18.2 Å². The molecule has 1 rings (SSSR count). The molecular formula is C14H17Cl2N4O6-. The molecular weight excluding hydrogens is 391 g/mol. The lowest BCUT2D eigenvalue weighted by atomic mass is 10.2. The van der Waals surface area contributed by atoms with Gasteiger partial charge in [-0.15, -0.1) is 0 Å². The molecule has 1 amide bonds. The van der Waals surface area contributed by atoms with Crippen LogP contribution >= 0.6 is 23.2 Å². The second-order valence-corrected chi connectivity index (χ2v) is 5.34. The Morgan fingerprint density at radius 3 is 2.27 bits per heavy atom. The van der Waals surface area contributed by atoms with Crippen molar-refractivity contribution in [3.8, 4) is 0 Å². The Morgan fingerprint density at radius 1 is 1.23 bits per heavy atom. The largest absolute Gasteiger partial charge is 0.733 e. The Balaban J connectivity index is 3.33. The second kappa shape index (κ2) is 9.92. The molecule has 12 heteroatoms. The van der Waals surface area contributed by atoms with E-state index in [1.165, 1.54) is 0 Å². The first-order chi connectivity index (χ1) is 12.2. The van der Waals surface area contributed by atoms with Crippen molar-refractivity contribution >= 4 is 46.6 Å². The molecule has 0 heterocycles. The van der Waals surface area contributed by atoms with Gasteiger partial charge in [-0.3, -0.25) is 10.6 Å². The van der Waals surface area contributed by atoms with Crippen molar-refractivity contribution in [2.45, 2.75) is 13.8 Å². The Kier molecular flexibility index (Phi) is 8.26. The van der Waals surface area contributed by atoms with E-state index in [0.29, 0.717) is 5.01 Å². The van der Waals surface area contributed by atoms with E-state index in [9.17, 15) is 20.0 Å². The van der Waals surface area contributed by atoms with Crippen molar-refractivity contribution < 1.29 is 24.3 Å². The van der Waals surface area contributed by atoms with Gasteiger partial charge >= 0.3 is 12.1 Å². The lowest BCUT2D eigenvalue weighted by Gasteiger charge is -2.30. The first-order valence-corrected chi connectivity index (χ1v) is 7.99. The van der Waals surface area contributed by atoms with Gasteiger partial charge < -0.3 is 25.6 Å². The number of amides is 1. The molecule has 0 saturated carbocycles. The summed E-state index contributed by atoms with van der Waals surface area (Å²) in [4.78, 5) is 23.7. The predicted octanol–water partition coefficient (Wildman–Crippen LogP) is 2.52. The van der Waals surface area contributed by atoms with E-state index in [4.69, 9.17) is 38.4 Å². The molecule has 0 atom stereocenters. The molecule has 0 fully saturated rings. The van der Waals surface area contributed by atoms with Crippen LogP contribution in [-0.2, 0) is 14.3 Å². The monoisotopic (exact) mass is 407 g/mol. The highest BCUT2D eigenvalue weighted by molar-refractivity contribution is 6.42. The SMILES string of the molecule is CCOC(=O)/C=C(\N)NN(C(=O)OCC)c1cc(Cl)c(Cl)cc1N([O-])O. The minimum absolute atomic E-state index is 0.00459. The van der Waals surface area contributed by atoms with Gasteiger partial charge in [0.05, 0.1) is 40.7 Å². The molecule has 1 aromatic carbocycles. The Morgan fingerprint density at radius 2 is 1.77 bits per heavy atom. The fourth-order valence-electron chi connectivity index (χ4n) is 1.72. The highest BCUT2D eigenvalue weighted by atomic mass is 35.5. The Bertz CT molecular complexity index is 698. The molecule has 0 spiro atoms. The molecule has 0 aliphatic carbocycles. The Hall–Kier alpha value is -2.40. The van der Waals surface area contributed by atoms with E-state index in [1.54, 1.807) is 13.8 Å². The lowest BCUT2D eigenvalue weighted by Crippen LogP contribution is -2.45. The van der Waals surface area contributed by atoms with Crippen LogP contribution in [-0.4, -0.2) is 30.5 Å². The van der Waals surface area contributed by atoms with Crippen molar-refractivity contribution in [2.24, 2.45) is 5.73 Å². The number of ether oxygens (including phenoxy) is 2. The molecule has 1 aromatic rings. The van der Waals surface area contributed by atoms with Gasteiger partial charge in [-0.2, -0.15) is 5.01 Å². The quantitative estimate of drug-likeness (QED) is 0.353. The van der Waals surface area contributed by atoms with Crippen molar-refractivity contribution in [3.05, 3.63) is 39.3 Å². The van der Waals surface area contributed by atoms with Crippen molar-refractivity contribution in [3.63, 3.8) is 0 Å². The topological polar surface area (TPSA) is 140 Å². The van der Waals surface area contributed by atoms with E-state index < -0.39 is 23.0 Å². The van der Waals surface area contributed by atoms with Crippen LogP contribution in [0, 0.1) is 5.21 Å². The summed E-state index contributed by atoms with van der Waals surface area (Å²) >= 11 is 11.7. The summed E-state index contributed by atoms with van der Waals surface area (Å²) in [5.74, 6) is -1.06. The predicted molar refractivity (Wildman–Crippen MR) is 95.6 cm³/mol. The zero-order valence-corrected chi connectivity index (χ0v) is 15.4. The van der Waals surface area contributed by atoms with E-state index in [2.05, 4.69) is 5.43 Å². The summed E-state index contributed by atoms with van der Waals surface area (Å²) in [6, 6.07) is 2.16. The fraction of sp³-hybridized carbons (Fsp3) is 0.286. The van der Waals surface area contributed by atoms with Crippen molar-refractivity contribution in [1.82, 2.24) is 5.43 Å². The summed E-state index contributed by atoms with van der Waals surface area (Å²) in [5, 5.41) is 20.8. The summed E-state index contributed by atoms with van der Waals surface area (Å²) < 4.78 is 9.56. The van der Waals surface area contributed by atoms with Gasteiger partial charge in [0.2, 0.25) is 0 Å². The van der Waals surface area contributed by atoms with Gasteiger partial charge in [0.1, 0.15) is 5.82 Å². The molecule has 26 heavy (non-hydrogen) atoms. The van der Waals surface area contributed by atoms with Crippen LogP contribution in [0.5, 0.6) is 0 Å². The van der Waals surface area contributed by atoms with Gasteiger partial charge in [0.25, 0.3) is 0 Å². The number of halogens is 2. The van der Waals surface area contributed by atoms with Gasteiger partial charge in [-0.05, 0) is 26.0 Å². The highest BCUT2D eigenvalue weighted by Crippen LogP contribution is 2.36. The molecule has 0 radical (unpaired) electrons. The van der Waals surface area contributed by atoms with E-state index in [1.807, 2.05) is 0 Å². The fourth-order valence-corrected chi connectivity index (χ4v) is 2.04. The maximum absolute atomic E-state index is 12.2. The second-order valence-electron chi connectivity index (χ2n) is 4.53. The number of nitrogens with one attached hydrogen (secondary N) is 1. The highest BCUT2D eigenvalue weighted by Gasteiger charge is 2.23. The summed E-state index contributed by atoms with van der Waals surface area (Å²) in [6.45, 7) is 3.27. The first-order valence-electron chi connectivity index (χ1n) is 7.23. The number of benzene rings is 1. The van der Waals surface area contributed by atoms with Crippen LogP contribution in [0.1, 0.15) is 13.8 Å². The van der Waals surface area contributed by atoms with Crippen LogP contribution < -0.4 is 21.4 Å². The van der Waals surface area contributed by atoms with Crippen molar-refractivity contribution in [1.29, 1.82) is 0 Å². The minimum atomic E-state index is -0.991. The molecule has 0 bridgehead atoms. The maximum atomic E-state index is 12.2. The maximum Gasteiger partial charge on any atom is 0.433 e. The summed E-state index contributed by atoms with van der Waals surface area (Å²) in [6.07, 6.45) is -0.116. The number of hydrogen-bond donors (Lipinski definition) is 3. The number of esters is 1. The van der Waals surface area contributed by atoms with Crippen LogP contribution in [0.15, 0.2) is 24.0 Å². The number of anilines is 2. The van der Waals surface area contributed by atoms with Crippen LogP contribution in [0.2, 0.25) is 10.0 Å². The third kappa shape index (κ3) is 5.85. The zero-order valence-electron chi connectivity index (χ0n) is 13.9. The van der Waals surface area contributed by atoms with Gasteiger partial charge in [-0.25, -0.2) is 9.59 Å². The van der Waals surface area contributed by atoms with Crippen LogP contribution in [0.3, 0.4) is 0 Å². The molecule has 0 aromatic heterocycles. The number of nitrogens with zero attached hydrogens (tertiary/aromatic N) is 2. The standard InChI is InChI=1S/C14H17Cl2N4O6/c1-3-25-13(21)7-12(17)18-19(14(22)26-4-2)10-5-8(15)9(16)6-11(10)20(23)24/h5-7,18,23H,3-4,17H2,1-2H3/q-1/b12-7+. The van der Waals surface area contributed by atoms with Gasteiger partial charge in [0, 0.05) is 0 Å². The number of carbonyl (C=O) groups excluding carboxylic acids is 2. The Labute approximate surface area is 159 Å². The summed E-state index contributed by atoms with van der Waals surface area (Å²) in [7, 11) is 0. The number of hydrazine groups is 1. The van der Waals surface area contributed by atoms with Crippen LogP contribution in [0.25, 0.3) is 0 Å². The average Bonchev–Trinajstić information content (AvgIpc) is 2.55. The lowest BCUT2D eigenvalue weighted by molar-refractivity contribution is -0.137. The average molecular weight is 408 g/mol. The van der Waals surface area contributed by atoms with Crippen molar-refractivity contribution in [2.75, 3.05) is 23.4 Å². The molecule has 0 aliphatic rings. The molecule has 144 valence electrons. The minimum Gasteiger partial charge on any atom is -0.733 e. The number of rotatable bonds is 7. The van der Waals surface area contributed by atoms with E-state index >= 15 is 0 Å². The third-order valence-electron chi connectivity index (χ3n) is 2.72. The van der Waals surface area contributed by atoms with Crippen LogP contribution in [0.4, 0.5) is 16.2 Å². The number of nitrogens with two attached hydrogens (primary N) is 1. The van der Waals surface area contributed by atoms with Gasteiger partial charge in [0.15, 0.2) is 0 Å². The molecule has 0 unspecified atom stereocenters. The zero-order chi connectivity index (χ0) is 19.9. The number of carbonyl (C=O) groups is 2. The van der Waals surface area contributed by atoms with E-state index in [-0.39, 0.29) is 34.8 Å². The molecule has 10 nitrogen and oxygen atoms in total. The smallest absolute Gasteiger partial charge is 0.433 e. The number of hydrogen-bond acceptors (Lipinski definition) is 9. The summed E-state index contributed by atoms with van der Waals surface area (Å²) in [5.41, 5.74) is 7.37. The molecule has 4 N–H and O–H groups in total. The normalized spacial score (nSPS) is 10.9. The van der Waals surface area contributed by atoms with Gasteiger partial charge in [-0.1, -0.05) is 23.2 Å². The molecule has 0 saturated heterocycles. The third-order valence-corrected chi connectivity index (χ3v) is 3.44. The molecule has 0 aliphatic heterocycles.